The van der Waals surface area contributed by atoms with Crippen molar-refractivity contribution in [3.05, 3.63) is 30.2 Å². The van der Waals surface area contributed by atoms with E-state index in [1.165, 1.54) is 7.11 Å². The van der Waals surface area contributed by atoms with Gasteiger partial charge in [-0.25, -0.2) is 8.42 Å². The van der Waals surface area contributed by atoms with Gasteiger partial charge < -0.3 is 18.9 Å². The van der Waals surface area contributed by atoms with Gasteiger partial charge in [-0.3, -0.25) is 4.79 Å². The maximum Gasteiger partial charge on any atom is 0.249 e. The molecular formula is C20H28N4O6S. The standard InChI is InChI=1S/C20H28N4O6S/c1-28-12-11-23(31(3,26)27)14-18(25)24-10-5-4-9-17(24)20-21-19(22-30-20)15-7-6-8-16(13-15)29-2/h6-8,13,17H,4-5,9-12,14H2,1-3H3. The predicted molar refractivity (Wildman–Crippen MR) is 113 cm³/mol. The summed E-state index contributed by atoms with van der Waals surface area (Å²) in [6, 6.07) is 6.92. The largest absolute Gasteiger partial charge is 0.497 e. The summed E-state index contributed by atoms with van der Waals surface area (Å²) < 4.78 is 41.0. The van der Waals surface area contributed by atoms with E-state index in [1.54, 1.807) is 18.1 Å². The number of benzene rings is 1. The SMILES string of the molecule is COCCN(CC(=O)N1CCCCC1c1nc(-c2cccc(OC)c2)no1)S(C)(=O)=O. The molecule has 0 radical (unpaired) electrons. The minimum Gasteiger partial charge on any atom is -0.497 e. The molecule has 2 aromatic rings. The van der Waals surface area contributed by atoms with Crippen molar-refractivity contribution in [1.29, 1.82) is 0 Å². The van der Waals surface area contributed by atoms with Crippen LogP contribution in [0.3, 0.4) is 0 Å². The van der Waals surface area contributed by atoms with E-state index in [9.17, 15) is 13.2 Å². The fraction of sp³-hybridized carbons (Fsp3) is 0.550. The average Bonchev–Trinajstić information content (AvgIpc) is 3.26. The highest BCUT2D eigenvalue weighted by molar-refractivity contribution is 7.88. The number of hydrogen-bond acceptors (Lipinski definition) is 8. The number of likely N-dealkylation sites (tertiary alicyclic amines) is 1. The number of rotatable bonds is 9. The maximum atomic E-state index is 13.0. The van der Waals surface area contributed by atoms with Crippen LogP contribution in [-0.4, -0.2) is 80.4 Å². The monoisotopic (exact) mass is 452 g/mol. The molecule has 1 aromatic heterocycles. The third-order valence-corrected chi connectivity index (χ3v) is 6.45. The summed E-state index contributed by atoms with van der Waals surface area (Å²) in [7, 11) is -0.482. The number of hydrogen-bond donors (Lipinski definition) is 0. The van der Waals surface area contributed by atoms with Crippen molar-refractivity contribution >= 4 is 15.9 Å². The third kappa shape index (κ3) is 5.81. The van der Waals surface area contributed by atoms with Crippen molar-refractivity contribution in [2.24, 2.45) is 0 Å². The first kappa shape index (κ1) is 23.2. The smallest absolute Gasteiger partial charge is 0.249 e. The highest BCUT2D eigenvalue weighted by Gasteiger charge is 2.34. The third-order valence-electron chi connectivity index (χ3n) is 5.20. The number of amides is 1. The van der Waals surface area contributed by atoms with Gasteiger partial charge in [-0.05, 0) is 31.4 Å². The topological polar surface area (TPSA) is 115 Å². The molecule has 1 unspecified atom stereocenters. The molecule has 1 saturated heterocycles. The number of sulfonamides is 1. The van der Waals surface area contributed by atoms with Crippen LogP contribution < -0.4 is 4.74 Å². The Morgan fingerprint density at radius 3 is 2.84 bits per heavy atom. The normalized spacial score (nSPS) is 17.2. The van der Waals surface area contributed by atoms with Crippen molar-refractivity contribution in [2.45, 2.75) is 25.3 Å². The van der Waals surface area contributed by atoms with Crippen LogP contribution in [0.15, 0.2) is 28.8 Å². The summed E-state index contributed by atoms with van der Waals surface area (Å²) in [4.78, 5) is 19.2. The van der Waals surface area contributed by atoms with Gasteiger partial charge in [0.25, 0.3) is 0 Å². The zero-order valence-electron chi connectivity index (χ0n) is 18.0. The molecule has 1 aliphatic rings. The lowest BCUT2D eigenvalue weighted by Gasteiger charge is -2.34. The second-order valence-electron chi connectivity index (χ2n) is 7.38. The molecule has 1 atom stereocenters. The van der Waals surface area contributed by atoms with Gasteiger partial charge in [-0.15, -0.1) is 0 Å². The van der Waals surface area contributed by atoms with Gasteiger partial charge in [-0.1, -0.05) is 17.3 Å². The Morgan fingerprint density at radius 2 is 2.13 bits per heavy atom. The van der Waals surface area contributed by atoms with Gasteiger partial charge in [0.05, 0.1) is 26.5 Å². The van der Waals surface area contributed by atoms with Crippen LogP contribution in [0.5, 0.6) is 5.75 Å². The molecule has 3 rings (SSSR count). The molecule has 1 fully saturated rings. The van der Waals surface area contributed by atoms with Crippen LogP contribution in [0, 0.1) is 0 Å². The molecule has 0 N–H and O–H groups in total. The second kappa shape index (κ2) is 10.2. The van der Waals surface area contributed by atoms with Crippen molar-refractivity contribution in [1.82, 2.24) is 19.3 Å². The highest BCUT2D eigenvalue weighted by atomic mass is 32.2. The maximum absolute atomic E-state index is 13.0. The number of nitrogens with zero attached hydrogens (tertiary/aromatic N) is 4. The Hall–Kier alpha value is -2.50. The predicted octanol–water partition coefficient (Wildman–Crippen LogP) is 1.71. The van der Waals surface area contributed by atoms with Gasteiger partial charge in [-0.2, -0.15) is 9.29 Å². The molecule has 0 bridgehead atoms. The first-order valence-electron chi connectivity index (χ1n) is 10.0. The summed E-state index contributed by atoms with van der Waals surface area (Å²) in [6.07, 6.45) is 3.49. The second-order valence-corrected chi connectivity index (χ2v) is 9.36. The fourth-order valence-corrected chi connectivity index (χ4v) is 4.28. The lowest BCUT2D eigenvalue weighted by Crippen LogP contribution is -2.46. The molecule has 2 heterocycles. The van der Waals surface area contributed by atoms with Crippen LogP contribution >= 0.6 is 0 Å². The van der Waals surface area contributed by atoms with Gasteiger partial charge in [0, 0.05) is 25.8 Å². The van der Waals surface area contributed by atoms with Crippen molar-refractivity contribution in [2.75, 3.05) is 46.7 Å². The van der Waals surface area contributed by atoms with Crippen LogP contribution in [0.25, 0.3) is 11.4 Å². The lowest BCUT2D eigenvalue weighted by atomic mass is 10.0. The number of aromatic nitrogens is 2. The van der Waals surface area contributed by atoms with E-state index in [2.05, 4.69) is 10.1 Å². The van der Waals surface area contributed by atoms with Gasteiger partial charge in [0.2, 0.25) is 27.6 Å². The number of carbonyl (C=O) groups excluding carboxylic acids is 1. The van der Waals surface area contributed by atoms with Crippen LogP contribution in [0.2, 0.25) is 0 Å². The highest BCUT2D eigenvalue weighted by Crippen LogP contribution is 2.32. The fourth-order valence-electron chi connectivity index (χ4n) is 3.53. The summed E-state index contributed by atoms with van der Waals surface area (Å²) in [5.74, 6) is 1.13. The molecule has 0 spiro atoms. The molecule has 11 heteroatoms. The molecule has 0 saturated carbocycles. The molecule has 1 aliphatic heterocycles. The Kier molecular flexibility index (Phi) is 7.63. The van der Waals surface area contributed by atoms with E-state index < -0.39 is 16.1 Å². The molecule has 170 valence electrons. The van der Waals surface area contributed by atoms with Crippen LogP contribution in [0.1, 0.15) is 31.2 Å². The quantitative estimate of drug-likeness (QED) is 0.565. The van der Waals surface area contributed by atoms with E-state index in [1.807, 2.05) is 18.2 Å². The molecule has 31 heavy (non-hydrogen) atoms. The molecule has 0 aliphatic carbocycles. The van der Waals surface area contributed by atoms with Crippen molar-refractivity contribution < 1.29 is 27.2 Å². The minimum absolute atomic E-state index is 0.111. The Morgan fingerprint density at radius 1 is 1.32 bits per heavy atom. The van der Waals surface area contributed by atoms with Crippen LogP contribution in [0.4, 0.5) is 0 Å². The Labute approximate surface area is 182 Å². The van der Waals surface area contributed by atoms with E-state index in [-0.39, 0.29) is 25.6 Å². The number of piperidine rings is 1. The van der Waals surface area contributed by atoms with E-state index in [0.29, 0.717) is 30.4 Å². The van der Waals surface area contributed by atoms with Crippen molar-refractivity contribution in [3.8, 4) is 17.1 Å². The molecular weight excluding hydrogens is 424 g/mol. The molecule has 1 aromatic carbocycles. The summed E-state index contributed by atoms with van der Waals surface area (Å²) in [5, 5.41) is 4.07. The van der Waals surface area contributed by atoms with E-state index >= 15 is 0 Å². The number of ether oxygens (including phenoxy) is 2. The molecule has 1 amide bonds. The zero-order chi connectivity index (χ0) is 22.4. The first-order chi connectivity index (χ1) is 14.8. The minimum atomic E-state index is -3.55. The lowest BCUT2D eigenvalue weighted by molar-refractivity contribution is -0.136. The van der Waals surface area contributed by atoms with Crippen molar-refractivity contribution in [3.63, 3.8) is 0 Å². The van der Waals surface area contributed by atoms with Gasteiger partial charge >= 0.3 is 0 Å². The van der Waals surface area contributed by atoms with Crippen LogP contribution in [-0.2, 0) is 19.6 Å². The Balaban J connectivity index is 1.79. The van der Waals surface area contributed by atoms with Gasteiger partial charge in [0.15, 0.2) is 0 Å². The van der Waals surface area contributed by atoms with Gasteiger partial charge in [0.1, 0.15) is 11.8 Å². The summed E-state index contributed by atoms with van der Waals surface area (Å²) >= 11 is 0. The van der Waals surface area contributed by atoms with E-state index in [4.69, 9.17) is 14.0 Å². The number of carbonyl (C=O) groups is 1. The summed E-state index contributed by atoms with van der Waals surface area (Å²) in [6.45, 7) is 0.565. The summed E-state index contributed by atoms with van der Waals surface area (Å²) in [5.41, 5.74) is 0.742. The molecule has 10 nitrogen and oxygen atoms in total. The zero-order valence-corrected chi connectivity index (χ0v) is 18.8. The number of methoxy groups -OCH3 is 2. The van der Waals surface area contributed by atoms with E-state index in [0.717, 1.165) is 29.0 Å². The average molecular weight is 453 g/mol. The first-order valence-corrected chi connectivity index (χ1v) is 11.9. The Bertz CT molecular complexity index is 993.